The van der Waals surface area contributed by atoms with Crippen molar-refractivity contribution in [2.24, 2.45) is 10.7 Å². The van der Waals surface area contributed by atoms with Crippen LogP contribution in [0.3, 0.4) is 0 Å². The lowest BCUT2D eigenvalue weighted by Gasteiger charge is -2.39. The van der Waals surface area contributed by atoms with Gasteiger partial charge in [-0.1, -0.05) is 31.0 Å². The largest absolute Gasteiger partial charge is 0.386 e. The van der Waals surface area contributed by atoms with Gasteiger partial charge in [-0.2, -0.15) is 5.26 Å². The van der Waals surface area contributed by atoms with E-state index in [1.807, 2.05) is 6.07 Å². The molecule has 1 aliphatic carbocycles. The maximum Gasteiger partial charge on any atom is 0.165 e. The normalized spacial score (nSPS) is 24.8. The Labute approximate surface area is 170 Å². The molecule has 0 amide bonds. The van der Waals surface area contributed by atoms with Crippen molar-refractivity contribution in [3.8, 4) is 17.2 Å². The maximum absolute atomic E-state index is 14.9. The van der Waals surface area contributed by atoms with Gasteiger partial charge in [0.25, 0.3) is 0 Å². The third kappa shape index (κ3) is 3.03. The molecular weight excluding hydrogens is 389 g/mol. The van der Waals surface area contributed by atoms with Crippen molar-refractivity contribution in [3.05, 3.63) is 59.4 Å². The minimum absolute atomic E-state index is 0.0973. The Bertz CT molecular complexity index is 1160. The molecule has 1 aliphatic heterocycles. The number of hydrogen-bond acceptors (Lipinski definition) is 5. The predicted molar refractivity (Wildman–Crippen MR) is 111 cm³/mol. The lowest BCUT2D eigenvalue weighted by molar-refractivity contribution is 0.468. The minimum atomic E-state index is -3.60. The van der Waals surface area contributed by atoms with Crippen LogP contribution in [0.2, 0.25) is 0 Å². The van der Waals surface area contributed by atoms with Crippen LogP contribution in [-0.4, -0.2) is 24.8 Å². The van der Waals surface area contributed by atoms with Gasteiger partial charge >= 0.3 is 0 Å². The van der Waals surface area contributed by atoms with Crippen LogP contribution in [0, 0.1) is 17.1 Å². The fourth-order valence-corrected chi connectivity index (χ4v) is 7.12. The number of rotatable bonds is 2. The van der Waals surface area contributed by atoms with E-state index in [2.05, 4.69) is 11.1 Å². The Morgan fingerprint density at radius 2 is 1.83 bits per heavy atom. The van der Waals surface area contributed by atoms with Gasteiger partial charge in [-0.3, -0.25) is 4.99 Å². The summed E-state index contributed by atoms with van der Waals surface area (Å²) in [4.78, 5) is 4.57. The van der Waals surface area contributed by atoms with Gasteiger partial charge in [-0.25, -0.2) is 12.8 Å². The first-order valence-electron chi connectivity index (χ1n) is 9.59. The summed E-state index contributed by atoms with van der Waals surface area (Å²) in [6, 6.07) is 13.6. The molecule has 29 heavy (non-hydrogen) atoms. The SMILES string of the molecule is CC1(c2cc(-c3cccc(C#N)c3)ccc2F)CS(=O)(=O)C2(CCCC2)C(N)=N1. The fourth-order valence-electron chi connectivity index (χ4n) is 4.60. The van der Waals surface area contributed by atoms with Crippen molar-refractivity contribution in [2.45, 2.75) is 42.9 Å². The molecule has 2 aromatic rings. The van der Waals surface area contributed by atoms with Gasteiger partial charge in [0.1, 0.15) is 21.9 Å². The van der Waals surface area contributed by atoms with Gasteiger partial charge in [-0.05, 0) is 55.2 Å². The van der Waals surface area contributed by atoms with Crippen LogP contribution >= 0.6 is 0 Å². The second-order valence-corrected chi connectivity index (χ2v) is 10.4. The zero-order chi connectivity index (χ0) is 20.9. The zero-order valence-corrected chi connectivity index (χ0v) is 17.0. The third-order valence-electron chi connectivity index (χ3n) is 6.18. The molecule has 1 saturated carbocycles. The highest BCUT2D eigenvalue weighted by Crippen LogP contribution is 2.45. The number of nitrogens with zero attached hydrogens (tertiary/aromatic N) is 2. The van der Waals surface area contributed by atoms with E-state index >= 15 is 0 Å². The predicted octanol–water partition coefficient (Wildman–Crippen LogP) is 3.68. The van der Waals surface area contributed by atoms with E-state index in [-0.39, 0.29) is 17.2 Å². The average molecular weight is 412 g/mol. The standard InChI is InChI=1S/C22H22FN3O2S/c1-21(14-29(27,28)22(20(25)26-21)9-2-3-10-22)18-12-17(7-8-19(18)23)16-6-4-5-15(11-16)13-24/h4-8,11-12H,2-3,9-10,14H2,1H3,(H2,25,26). The Balaban J connectivity index is 1.84. The Morgan fingerprint density at radius 3 is 2.48 bits per heavy atom. The molecular formula is C22H22FN3O2S. The number of amidine groups is 1. The summed E-state index contributed by atoms with van der Waals surface area (Å²) < 4.78 is 40.2. The van der Waals surface area contributed by atoms with E-state index in [0.29, 0.717) is 24.0 Å². The zero-order valence-electron chi connectivity index (χ0n) is 16.2. The van der Waals surface area contributed by atoms with E-state index in [0.717, 1.165) is 18.4 Å². The average Bonchev–Trinajstić information content (AvgIpc) is 3.19. The smallest absolute Gasteiger partial charge is 0.165 e. The van der Waals surface area contributed by atoms with Crippen LogP contribution in [0.5, 0.6) is 0 Å². The number of nitrogens with two attached hydrogens (primary N) is 1. The molecule has 0 aromatic heterocycles. The molecule has 1 atom stereocenters. The highest BCUT2D eigenvalue weighted by molar-refractivity contribution is 7.93. The van der Waals surface area contributed by atoms with Crippen LogP contribution in [0.4, 0.5) is 4.39 Å². The molecule has 0 bridgehead atoms. The number of halogens is 1. The van der Waals surface area contributed by atoms with E-state index < -0.39 is 25.9 Å². The van der Waals surface area contributed by atoms with Gasteiger partial charge in [-0.15, -0.1) is 0 Å². The van der Waals surface area contributed by atoms with E-state index in [9.17, 15) is 12.8 Å². The maximum atomic E-state index is 14.9. The fraction of sp³-hybridized carbons (Fsp3) is 0.364. The number of nitriles is 1. The van der Waals surface area contributed by atoms with Gasteiger partial charge in [0.2, 0.25) is 0 Å². The summed E-state index contributed by atoms with van der Waals surface area (Å²) in [5.74, 6) is -0.707. The molecule has 2 aliphatic rings. The molecule has 2 N–H and O–H groups in total. The lowest BCUT2D eigenvalue weighted by Crippen LogP contribution is -2.56. The molecule has 1 heterocycles. The van der Waals surface area contributed by atoms with Crippen molar-refractivity contribution in [1.29, 1.82) is 5.26 Å². The number of aliphatic imine (C=N–C) groups is 1. The molecule has 2 aromatic carbocycles. The highest BCUT2D eigenvalue weighted by atomic mass is 32.2. The summed E-state index contributed by atoms with van der Waals surface area (Å²) in [5, 5.41) is 9.13. The van der Waals surface area contributed by atoms with Crippen molar-refractivity contribution in [3.63, 3.8) is 0 Å². The highest BCUT2D eigenvalue weighted by Gasteiger charge is 2.55. The van der Waals surface area contributed by atoms with Crippen LogP contribution < -0.4 is 5.73 Å². The first-order valence-corrected chi connectivity index (χ1v) is 11.2. The summed E-state index contributed by atoms with van der Waals surface area (Å²) in [6.07, 6.45) is 2.55. The summed E-state index contributed by atoms with van der Waals surface area (Å²) >= 11 is 0. The van der Waals surface area contributed by atoms with Gasteiger partial charge in [0, 0.05) is 5.56 Å². The van der Waals surface area contributed by atoms with Crippen LogP contribution in [0.15, 0.2) is 47.5 Å². The second-order valence-electron chi connectivity index (χ2n) is 8.12. The third-order valence-corrected chi connectivity index (χ3v) is 8.93. The van der Waals surface area contributed by atoms with Gasteiger partial charge in [0.15, 0.2) is 9.84 Å². The number of benzene rings is 2. The van der Waals surface area contributed by atoms with Crippen molar-refractivity contribution in [1.82, 2.24) is 0 Å². The van der Waals surface area contributed by atoms with Crippen molar-refractivity contribution in [2.75, 3.05) is 5.75 Å². The quantitative estimate of drug-likeness (QED) is 0.815. The molecule has 5 nitrogen and oxygen atoms in total. The summed E-state index contributed by atoms with van der Waals surface area (Å²) in [7, 11) is -3.60. The molecule has 7 heteroatoms. The molecule has 1 unspecified atom stereocenters. The van der Waals surface area contributed by atoms with E-state index in [1.54, 1.807) is 37.3 Å². The first-order chi connectivity index (χ1) is 13.7. The first kappa shape index (κ1) is 19.6. The Hall–Kier alpha value is -2.72. The molecule has 1 spiro atoms. The topological polar surface area (TPSA) is 96.3 Å². The van der Waals surface area contributed by atoms with Crippen LogP contribution in [0.25, 0.3) is 11.1 Å². The van der Waals surface area contributed by atoms with E-state index in [4.69, 9.17) is 11.0 Å². The minimum Gasteiger partial charge on any atom is -0.386 e. The second kappa shape index (κ2) is 6.67. The van der Waals surface area contributed by atoms with Crippen molar-refractivity contribution < 1.29 is 12.8 Å². The summed E-state index contributed by atoms with van der Waals surface area (Å²) in [5.41, 5.74) is 7.03. The monoisotopic (exact) mass is 411 g/mol. The molecule has 4 rings (SSSR count). The Morgan fingerprint density at radius 1 is 1.14 bits per heavy atom. The molecule has 1 fully saturated rings. The summed E-state index contributed by atoms with van der Waals surface area (Å²) in [6.45, 7) is 1.62. The van der Waals surface area contributed by atoms with Crippen LogP contribution in [-0.2, 0) is 15.4 Å². The molecule has 0 radical (unpaired) electrons. The van der Waals surface area contributed by atoms with Crippen LogP contribution in [0.1, 0.15) is 43.7 Å². The van der Waals surface area contributed by atoms with Gasteiger partial charge < -0.3 is 5.73 Å². The number of hydrogen-bond donors (Lipinski definition) is 1. The lowest BCUT2D eigenvalue weighted by atomic mass is 9.90. The Kier molecular flexibility index (Phi) is 4.50. The van der Waals surface area contributed by atoms with Crippen molar-refractivity contribution >= 4 is 15.7 Å². The molecule has 0 saturated heterocycles. The van der Waals surface area contributed by atoms with E-state index in [1.165, 1.54) is 6.07 Å². The molecule has 150 valence electrons. The number of sulfone groups is 1. The van der Waals surface area contributed by atoms with Gasteiger partial charge in [0.05, 0.1) is 17.4 Å².